The van der Waals surface area contributed by atoms with Crippen LogP contribution in [0, 0.1) is 0 Å². The fourth-order valence-electron chi connectivity index (χ4n) is 1.40. The van der Waals surface area contributed by atoms with E-state index in [1.807, 2.05) is 22.6 Å². The fraction of sp³-hybridized carbons (Fsp3) is 0.889. The topological polar surface area (TPSA) is 86.9 Å². The van der Waals surface area contributed by atoms with Crippen molar-refractivity contribution in [2.75, 3.05) is 6.79 Å². The van der Waals surface area contributed by atoms with Crippen molar-refractivity contribution in [1.82, 2.24) is 3.53 Å². The molecule has 0 bridgehead atoms. The molecule has 4 atom stereocenters. The van der Waals surface area contributed by atoms with Crippen molar-refractivity contribution in [3.63, 3.8) is 0 Å². The third-order valence-corrected chi connectivity index (χ3v) is 7.52. The second-order valence-corrected chi connectivity index (χ2v) is 9.14. The van der Waals surface area contributed by atoms with E-state index in [9.17, 15) is 23.1 Å². The van der Waals surface area contributed by atoms with Crippen molar-refractivity contribution < 1.29 is 58.8 Å². The van der Waals surface area contributed by atoms with Gasteiger partial charge in [0.05, 0.1) is 0 Å². The van der Waals surface area contributed by atoms with Crippen molar-refractivity contribution in [3.05, 3.63) is 0 Å². The Kier molecular flexibility index (Phi) is 4.77. The molecular weight excluding hydrogens is 513 g/mol. The van der Waals surface area contributed by atoms with Crippen LogP contribution in [0.2, 0.25) is 0 Å². The van der Waals surface area contributed by atoms with Gasteiger partial charge in [0.2, 0.25) is 0 Å². The number of hydrogen-bond donors (Lipinski definition) is 2. The van der Waals surface area contributed by atoms with Gasteiger partial charge in [0, 0.05) is 0 Å². The van der Waals surface area contributed by atoms with Gasteiger partial charge in [-0.25, -0.2) is 0 Å². The Labute approximate surface area is 136 Å². The Hall–Kier alpha value is 0.560. The number of ether oxygens (including phenoxy) is 3. The van der Waals surface area contributed by atoms with Gasteiger partial charge in [0.25, 0.3) is 0 Å². The van der Waals surface area contributed by atoms with Crippen molar-refractivity contribution in [2.45, 2.75) is 39.1 Å². The first-order valence-electron chi connectivity index (χ1n) is 5.39. The summed E-state index contributed by atoms with van der Waals surface area (Å²) in [6.07, 6.45) is -7.49. The predicted octanol–water partition coefficient (Wildman–Crippen LogP) is -2.37. The number of halogens is 5. The molecule has 0 aromatic heterocycles. The summed E-state index contributed by atoms with van der Waals surface area (Å²) in [4.78, 5) is 11.9. The van der Waals surface area contributed by atoms with Crippen molar-refractivity contribution in [2.24, 2.45) is 0 Å². The molecule has 118 valence electrons. The van der Waals surface area contributed by atoms with Crippen LogP contribution in [0.25, 0.3) is 0 Å². The molecule has 0 spiro atoms. The number of nitrogens with one attached hydrogen (secondary N) is 1. The van der Waals surface area contributed by atoms with E-state index >= 15 is 0 Å². The first-order chi connectivity index (χ1) is 9.06. The van der Waals surface area contributed by atoms with Crippen LogP contribution in [-0.4, -0.2) is 43.6 Å². The van der Waals surface area contributed by atoms with E-state index in [2.05, 4.69) is 8.27 Å². The maximum absolute atomic E-state index is 12.6. The van der Waals surface area contributed by atoms with Gasteiger partial charge in [-0.2, -0.15) is 0 Å². The molecule has 20 heavy (non-hydrogen) atoms. The number of alkyl halides is 5. The average molecular weight is 524 g/mol. The predicted molar refractivity (Wildman–Crippen MR) is 61.9 cm³/mol. The molecule has 0 saturated carbocycles. The molecule has 2 rings (SSSR count). The van der Waals surface area contributed by atoms with Gasteiger partial charge in [-0.15, -0.1) is 0 Å². The number of hydrogen-bond acceptors (Lipinski definition) is 6. The number of rotatable bonds is 3. The van der Waals surface area contributed by atoms with Crippen LogP contribution in [0.3, 0.4) is 0 Å². The normalized spacial score (nSPS) is 37.5. The molecular formula is C9H11F3I2NO5-. The standard InChI is InChI=1S/C9H11F3I2NO5/c1-7(13,5-14-15-5)6(16)20-4-2-8(17,9(10,11)12)19-3-18-4/h4-5,15,17H,2-3H2,1H3/q-1. The monoisotopic (exact) mass is 524 g/mol. The molecule has 2 saturated heterocycles. The zero-order valence-electron chi connectivity index (χ0n) is 10.0. The summed E-state index contributed by atoms with van der Waals surface area (Å²) >= 11 is 1.63. The Balaban J connectivity index is 1.98. The molecule has 0 radical (unpaired) electrons. The Morgan fingerprint density at radius 2 is 2.20 bits per heavy atom. The Bertz CT molecular complexity index is 404. The van der Waals surface area contributed by atoms with E-state index in [1.54, 1.807) is 6.92 Å². The number of carbonyl (C=O) groups is 1. The van der Waals surface area contributed by atoms with Crippen molar-refractivity contribution in [3.8, 4) is 0 Å². The summed E-state index contributed by atoms with van der Waals surface area (Å²) in [5.41, 5.74) is 0. The first kappa shape index (κ1) is 16.9. The van der Waals surface area contributed by atoms with Gasteiger partial charge in [0.15, 0.2) is 0 Å². The molecule has 2 heterocycles. The minimum atomic E-state index is -4.99. The zero-order chi connectivity index (χ0) is 15.2. The third-order valence-electron chi connectivity index (χ3n) is 2.77. The van der Waals surface area contributed by atoms with Crippen LogP contribution >= 0.6 is 22.6 Å². The summed E-state index contributed by atoms with van der Waals surface area (Å²) in [6, 6.07) is 0. The average Bonchev–Trinajstić information content (AvgIpc) is 3.11. The third kappa shape index (κ3) is 3.48. The van der Waals surface area contributed by atoms with Gasteiger partial charge < -0.3 is 0 Å². The molecule has 0 amide bonds. The number of esters is 1. The summed E-state index contributed by atoms with van der Waals surface area (Å²) in [7, 11) is 0. The quantitative estimate of drug-likeness (QED) is 0.107. The van der Waals surface area contributed by atoms with Crippen LogP contribution in [0.5, 0.6) is 0 Å². The van der Waals surface area contributed by atoms with E-state index in [-0.39, 0.29) is 25.5 Å². The van der Waals surface area contributed by atoms with Crippen LogP contribution < -0.4 is 25.0 Å². The second-order valence-electron chi connectivity index (χ2n) is 4.41. The molecule has 0 aromatic carbocycles. The summed E-state index contributed by atoms with van der Waals surface area (Å²) in [5.74, 6) is -4.04. The summed E-state index contributed by atoms with van der Waals surface area (Å²) in [6.45, 7) is 0.829. The molecule has 2 aliphatic heterocycles. The van der Waals surface area contributed by atoms with Crippen molar-refractivity contribution >= 4 is 28.6 Å². The molecule has 6 nitrogen and oxygen atoms in total. The molecule has 11 heteroatoms. The molecule has 2 fully saturated rings. The molecule has 4 unspecified atom stereocenters. The van der Waals surface area contributed by atoms with E-state index in [1.165, 1.54) is 0 Å². The summed E-state index contributed by atoms with van der Waals surface area (Å²) in [5, 5.41) is 9.39. The van der Waals surface area contributed by atoms with Crippen LogP contribution in [-0.2, 0) is 19.0 Å². The van der Waals surface area contributed by atoms with E-state index in [0.717, 1.165) is 0 Å². The van der Waals surface area contributed by atoms with Gasteiger partial charge >= 0.3 is 137 Å². The zero-order valence-corrected chi connectivity index (χ0v) is 14.4. The molecule has 2 aliphatic rings. The van der Waals surface area contributed by atoms with Gasteiger partial charge in [-0.1, -0.05) is 0 Å². The van der Waals surface area contributed by atoms with Crippen molar-refractivity contribution in [1.29, 1.82) is 0 Å². The van der Waals surface area contributed by atoms with E-state index < -0.39 is 40.9 Å². The Morgan fingerprint density at radius 3 is 2.70 bits per heavy atom. The van der Waals surface area contributed by atoms with E-state index in [4.69, 9.17) is 9.47 Å². The Morgan fingerprint density at radius 1 is 1.60 bits per heavy atom. The fourth-order valence-corrected chi connectivity index (χ4v) is 4.71. The number of aliphatic hydroxyl groups is 1. The van der Waals surface area contributed by atoms with Crippen LogP contribution in [0.4, 0.5) is 13.2 Å². The number of carbonyl (C=O) groups excluding carboxylic acids is 1. The second kappa shape index (κ2) is 5.64. The van der Waals surface area contributed by atoms with Crippen LogP contribution in [0.15, 0.2) is 0 Å². The summed E-state index contributed by atoms with van der Waals surface area (Å²) < 4.78 is 54.0. The van der Waals surface area contributed by atoms with Crippen LogP contribution in [0.1, 0.15) is 13.3 Å². The van der Waals surface area contributed by atoms with Gasteiger partial charge in [-0.3, -0.25) is 0 Å². The molecule has 0 aliphatic carbocycles. The first-order valence-corrected chi connectivity index (χ1v) is 8.79. The SMILES string of the molecule is CC(I)(C(=O)OC1CC(O)(C(F)(F)F)OCO1)C1N[I-]1. The van der Waals surface area contributed by atoms with E-state index in [0.29, 0.717) is 0 Å². The minimum absolute atomic E-state index is 0.0238. The molecule has 0 aromatic rings. The van der Waals surface area contributed by atoms with Gasteiger partial charge in [0.1, 0.15) is 0 Å². The molecule has 2 N–H and O–H groups in total. The van der Waals surface area contributed by atoms with Gasteiger partial charge in [-0.05, 0) is 0 Å². The maximum atomic E-state index is 12.6.